The fourth-order valence-corrected chi connectivity index (χ4v) is 4.90. The van der Waals surface area contributed by atoms with Crippen molar-refractivity contribution in [2.75, 3.05) is 20.3 Å². The summed E-state index contributed by atoms with van der Waals surface area (Å²) in [7, 11) is -2.75. The topological polar surface area (TPSA) is 158 Å². The molecule has 0 aromatic carbocycles. The molecule has 1 aromatic heterocycles. The van der Waals surface area contributed by atoms with Gasteiger partial charge >= 0.3 is 19.4 Å². The Morgan fingerprint density at radius 1 is 1.39 bits per heavy atom. The number of methoxy groups -OCH3 is 1. The summed E-state index contributed by atoms with van der Waals surface area (Å²) in [5.41, 5.74) is -0.860. The Morgan fingerprint density at radius 2 is 2.09 bits per heavy atom. The molecule has 33 heavy (non-hydrogen) atoms. The number of esters is 1. The van der Waals surface area contributed by atoms with Gasteiger partial charge < -0.3 is 14.6 Å². The van der Waals surface area contributed by atoms with Gasteiger partial charge in [-0.3, -0.25) is 28.2 Å². The number of nitrogens with zero attached hydrogens (tertiary/aromatic N) is 1. The normalized spacial score (nSPS) is 23.4. The van der Waals surface area contributed by atoms with Gasteiger partial charge in [-0.15, -0.1) is 0 Å². The molecule has 5 atom stereocenters. The number of rotatable bonds is 12. The Labute approximate surface area is 192 Å². The van der Waals surface area contributed by atoms with Gasteiger partial charge in [-0.2, -0.15) is 0 Å². The first kappa shape index (κ1) is 27.4. The van der Waals surface area contributed by atoms with E-state index in [9.17, 15) is 24.1 Å². The molecule has 2 unspecified atom stereocenters. The van der Waals surface area contributed by atoms with E-state index in [1.165, 1.54) is 17.9 Å². The highest BCUT2D eigenvalue weighted by Crippen LogP contribution is 2.46. The Kier molecular flexibility index (Phi) is 10.0. The molecule has 3 N–H and O–H groups in total. The molecule has 0 saturated carbocycles. The second kappa shape index (κ2) is 12.0. The van der Waals surface area contributed by atoms with Gasteiger partial charge in [0.15, 0.2) is 0 Å². The van der Waals surface area contributed by atoms with E-state index < -0.39 is 49.4 Å². The van der Waals surface area contributed by atoms with Crippen molar-refractivity contribution in [2.45, 2.75) is 71.4 Å². The number of H-pyrrole nitrogens is 1. The first-order valence-electron chi connectivity index (χ1n) is 10.9. The summed E-state index contributed by atoms with van der Waals surface area (Å²) in [4.78, 5) is 38.0. The number of nitrogens with one attached hydrogen (secondary N) is 2. The lowest BCUT2D eigenvalue weighted by atomic mass is 10.1. The van der Waals surface area contributed by atoms with Gasteiger partial charge in [0.1, 0.15) is 18.4 Å². The molecule has 1 aliphatic rings. The molecule has 1 aliphatic heterocycles. The third-order valence-electron chi connectivity index (χ3n) is 5.25. The number of aliphatic hydroxyl groups excluding tert-OH is 1. The van der Waals surface area contributed by atoms with Crippen LogP contribution in [-0.2, 0) is 27.9 Å². The number of carbonyl (C=O) groups excluding carboxylic acids is 1. The second-order valence-electron chi connectivity index (χ2n) is 8.26. The number of aliphatic hydroxyl groups is 1. The molecule has 2 heterocycles. The number of hydrogen-bond donors (Lipinski definition) is 3. The highest BCUT2D eigenvalue weighted by molar-refractivity contribution is 7.51. The molecule has 0 spiro atoms. The van der Waals surface area contributed by atoms with E-state index in [1.54, 1.807) is 20.8 Å². The molecule has 1 aromatic rings. The van der Waals surface area contributed by atoms with Crippen molar-refractivity contribution in [3.63, 3.8) is 0 Å². The van der Waals surface area contributed by atoms with Gasteiger partial charge in [0.25, 0.3) is 5.56 Å². The van der Waals surface area contributed by atoms with Crippen molar-refractivity contribution in [3.05, 3.63) is 32.6 Å². The van der Waals surface area contributed by atoms with E-state index in [4.69, 9.17) is 18.5 Å². The van der Waals surface area contributed by atoms with Crippen molar-refractivity contribution >= 4 is 13.7 Å². The maximum absolute atomic E-state index is 13.4. The predicted molar refractivity (Wildman–Crippen MR) is 119 cm³/mol. The zero-order valence-electron chi connectivity index (χ0n) is 19.6. The van der Waals surface area contributed by atoms with Crippen LogP contribution in [0.4, 0.5) is 0 Å². The lowest BCUT2D eigenvalue weighted by Gasteiger charge is -2.27. The van der Waals surface area contributed by atoms with Gasteiger partial charge in [0.05, 0.1) is 26.4 Å². The van der Waals surface area contributed by atoms with Crippen molar-refractivity contribution in [1.82, 2.24) is 14.6 Å². The van der Waals surface area contributed by atoms with Gasteiger partial charge in [-0.1, -0.05) is 27.2 Å². The highest BCUT2D eigenvalue weighted by atomic mass is 31.2. The van der Waals surface area contributed by atoms with Crippen molar-refractivity contribution in [1.29, 1.82) is 0 Å². The Hall–Kier alpha value is -1.82. The van der Waals surface area contributed by atoms with Gasteiger partial charge in [-0.25, -0.2) is 14.4 Å². The van der Waals surface area contributed by atoms with Gasteiger partial charge in [0, 0.05) is 18.2 Å². The summed E-state index contributed by atoms with van der Waals surface area (Å²) in [5.74, 6) is -0.879. The summed E-state index contributed by atoms with van der Waals surface area (Å²) < 4.78 is 36.1. The second-order valence-corrected chi connectivity index (χ2v) is 10.0. The molecule has 0 aliphatic carbocycles. The van der Waals surface area contributed by atoms with Crippen LogP contribution in [0.2, 0.25) is 0 Å². The van der Waals surface area contributed by atoms with E-state index in [0.717, 1.165) is 6.42 Å². The quantitative estimate of drug-likeness (QED) is 0.220. The minimum atomic E-state index is -3.98. The molecule has 13 heteroatoms. The van der Waals surface area contributed by atoms with E-state index in [2.05, 4.69) is 10.1 Å². The monoisotopic (exact) mass is 491 g/mol. The number of aromatic nitrogens is 2. The maximum Gasteiger partial charge on any atom is 0.406 e. The summed E-state index contributed by atoms with van der Waals surface area (Å²) >= 11 is 0. The Bertz CT molecular complexity index is 961. The van der Waals surface area contributed by atoms with Crippen LogP contribution in [0, 0.1) is 12.8 Å². The average Bonchev–Trinajstić information content (AvgIpc) is 3.13. The minimum absolute atomic E-state index is 0.0601. The fourth-order valence-electron chi connectivity index (χ4n) is 3.22. The maximum atomic E-state index is 13.4. The van der Waals surface area contributed by atoms with Crippen LogP contribution in [0.15, 0.2) is 15.8 Å². The number of ether oxygens (including phenoxy) is 2. The van der Waals surface area contributed by atoms with Crippen molar-refractivity contribution in [3.8, 4) is 0 Å². The lowest BCUT2D eigenvalue weighted by molar-refractivity contribution is -0.143. The average molecular weight is 491 g/mol. The van der Waals surface area contributed by atoms with Gasteiger partial charge in [0.2, 0.25) is 0 Å². The standard InChI is InChI=1S/C20H34N3O9P/c1-6-7-8-30-33(28,22-17(12(2)3)19(26)29-5)31-11-15-14(24)9-16(32-15)23-10-13(4)18(25)21-20(23)27/h10,12,14-17,24H,6-9,11H2,1-5H3,(H,22,28)(H,21,25,27)/t14-,15+,16+,17?,33?/m0/s1. The van der Waals surface area contributed by atoms with Crippen molar-refractivity contribution in [2.24, 2.45) is 5.92 Å². The van der Waals surface area contributed by atoms with Crippen LogP contribution in [0.25, 0.3) is 0 Å². The highest BCUT2D eigenvalue weighted by Gasteiger charge is 2.40. The summed E-state index contributed by atoms with van der Waals surface area (Å²) in [6.07, 6.45) is 0.0388. The molecule has 1 fully saturated rings. The first-order chi connectivity index (χ1) is 15.5. The Morgan fingerprint density at radius 3 is 2.70 bits per heavy atom. The number of carbonyl (C=O) groups is 1. The fraction of sp³-hybridized carbons (Fsp3) is 0.750. The zero-order valence-corrected chi connectivity index (χ0v) is 20.5. The predicted octanol–water partition coefficient (Wildman–Crippen LogP) is 1.22. The third kappa shape index (κ3) is 7.33. The number of aromatic amines is 1. The van der Waals surface area contributed by atoms with Crippen LogP contribution in [0.5, 0.6) is 0 Å². The van der Waals surface area contributed by atoms with E-state index in [-0.39, 0.29) is 25.6 Å². The molecular weight excluding hydrogens is 457 g/mol. The van der Waals surface area contributed by atoms with Crippen molar-refractivity contribution < 1.29 is 33.0 Å². The van der Waals surface area contributed by atoms with E-state index >= 15 is 0 Å². The molecule has 0 amide bonds. The molecule has 1 saturated heterocycles. The molecule has 0 bridgehead atoms. The first-order valence-corrected chi connectivity index (χ1v) is 12.5. The molecular formula is C20H34N3O9P. The van der Waals surface area contributed by atoms with Crippen LogP contribution >= 0.6 is 7.75 Å². The number of unbranched alkanes of at least 4 members (excludes halogenated alkanes) is 1. The number of aryl methyl sites for hydroxylation is 1. The molecule has 2 rings (SSSR count). The number of hydrogen-bond acceptors (Lipinski definition) is 9. The van der Waals surface area contributed by atoms with Crippen LogP contribution in [0.3, 0.4) is 0 Å². The van der Waals surface area contributed by atoms with Gasteiger partial charge in [-0.05, 0) is 19.3 Å². The molecule has 188 valence electrons. The zero-order chi connectivity index (χ0) is 24.8. The van der Waals surface area contributed by atoms with Crippen LogP contribution in [-0.4, -0.2) is 59.2 Å². The van der Waals surface area contributed by atoms with E-state index in [0.29, 0.717) is 12.0 Å². The molecule has 0 radical (unpaired) electrons. The summed E-state index contributed by atoms with van der Waals surface area (Å²) in [6, 6.07) is -0.938. The lowest BCUT2D eigenvalue weighted by Crippen LogP contribution is -2.41. The largest absolute Gasteiger partial charge is 0.468 e. The van der Waals surface area contributed by atoms with Crippen LogP contribution < -0.4 is 16.3 Å². The summed E-state index contributed by atoms with van der Waals surface area (Å²) in [5, 5.41) is 13.1. The summed E-state index contributed by atoms with van der Waals surface area (Å²) in [6.45, 7) is 6.80. The molecule has 12 nitrogen and oxygen atoms in total. The SMILES string of the molecule is CCCCOP(=O)(NC(C(=O)OC)C(C)C)OC[C@H]1O[C@@H](n2cc(C)c(=O)[nH]c2=O)C[C@@H]1O. The minimum Gasteiger partial charge on any atom is -0.468 e. The van der Waals surface area contributed by atoms with E-state index in [1.807, 2.05) is 6.92 Å². The van der Waals surface area contributed by atoms with Crippen LogP contribution in [0.1, 0.15) is 51.8 Å². The Balaban J connectivity index is 2.13. The smallest absolute Gasteiger partial charge is 0.406 e. The third-order valence-corrected chi connectivity index (χ3v) is 6.85.